The molecule has 2 amide bonds. The molecule has 0 radical (unpaired) electrons. The maximum atomic E-state index is 13.0. The van der Waals surface area contributed by atoms with Crippen molar-refractivity contribution in [3.05, 3.63) is 94.6 Å². The second kappa shape index (κ2) is 12.9. The van der Waals surface area contributed by atoms with Crippen molar-refractivity contribution in [3.63, 3.8) is 0 Å². The van der Waals surface area contributed by atoms with Crippen LogP contribution in [0.25, 0.3) is 0 Å². The molecule has 2 N–H and O–H groups in total. The summed E-state index contributed by atoms with van der Waals surface area (Å²) in [5, 5.41) is 14.1. The van der Waals surface area contributed by atoms with Crippen molar-refractivity contribution in [3.8, 4) is 0 Å². The zero-order chi connectivity index (χ0) is 27.7. The van der Waals surface area contributed by atoms with Gasteiger partial charge in [0.25, 0.3) is 21.8 Å². The van der Waals surface area contributed by atoms with Crippen molar-refractivity contribution in [2.24, 2.45) is 0 Å². The number of unbranched alkanes of at least 4 members (excludes halogenated alkanes) is 2. The topological polar surface area (TPSA) is 145 Å². The van der Waals surface area contributed by atoms with E-state index < -0.39 is 27.8 Å². The van der Waals surface area contributed by atoms with Crippen LogP contribution >= 0.6 is 0 Å². The SMILES string of the molecule is CCCCCc1cc(C(=O)NS(=O)(=O)c2ccc(C(=O)NCCc3ccc(F)cc3)cc2)cnc1C(=O)[O-]. The van der Waals surface area contributed by atoms with E-state index in [4.69, 9.17) is 0 Å². The molecular weight excluding hydrogens is 513 g/mol. The predicted octanol–water partition coefficient (Wildman–Crippen LogP) is 2.41. The Labute approximate surface area is 220 Å². The molecule has 0 saturated heterocycles. The molecule has 0 saturated carbocycles. The van der Waals surface area contributed by atoms with Gasteiger partial charge < -0.3 is 15.2 Å². The molecule has 0 spiro atoms. The van der Waals surface area contributed by atoms with Crippen LogP contribution in [0.1, 0.15) is 68.5 Å². The van der Waals surface area contributed by atoms with E-state index >= 15 is 0 Å². The number of sulfonamides is 1. The van der Waals surface area contributed by atoms with E-state index in [2.05, 4.69) is 10.3 Å². The minimum absolute atomic E-state index is 0.109. The summed E-state index contributed by atoms with van der Waals surface area (Å²) in [6, 6.07) is 12.2. The van der Waals surface area contributed by atoms with Crippen molar-refractivity contribution in [2.75, 3.05) is 6.54 Å². The number of hydrogen-bond acceptors (Lipinski definition) is 7. The first-order valence-electron chi connectivity index (χ1n) is 12.0. The number of halogens is 1. The minimum atomic E-state index is -4.29. The first-order chi connectivity index (χ1) is 18.1. The number of carboxylic acid groups (broad SMARTS) is 1. The van der Waals surface area contributed by atoms with Gasteiger partial charge in [-0.25, -0.2) is 17.5 Å². The largest absolute Gasteiger partial charge is 0.543 e. The third kappa shape index (κ3) is 7.69. The van der Waals surface area contributed by atoms with Crippen LogP contribution in [0.15, 0.2) is 65.7 Å². The molecule has 1 aromatic heterocycles. The molecule has 0 atom stereocenters. The monoisotopic (exact) mass is 540 g/mol. The second-order valence-corrected chi connectivity index (χ2v) is 10.3. The summed E-state index contributed by atoms with van der Waals surface area (Å²) >= 11 is 0. The van der Waals surface area contributed by atoms with Gasteiger partial charge in [-0.3, -0.25) is 14.6 Å². The summed E-state index contributed by atoms with van der Waals surface area (Å²) < 4.78 is 40.4. The molecule has 11 heteroatoms. The van der Waals surface area contributed by atoms with Gasteiger partial charge in [-0.1, -0.05) is 31.9 Å². The number of aromatic carboxylic acids is 1. The Balaban J connectivity index is 1.64. The number of aryl methyl sites for hydroxylation is 1. The highest BCUT2D eigenvalue weighted by Crippen LogP contribution is 2.15. The third-order valence-electron chi connectivity index (χ3n) is 5.74. The van der Waals surface area contributed by atoms with Crippen LogP contribution in [-0.4, -0.2) is 37.7 Å². The van der Waals surface area contributed by atoms with E-state index in [9.17, 15) is 32.3 Å². The molecule has 0 fully saturated rings. The smallest absolute Gasteiger partial charge is 0.266 e. The van der Waals surface area contributed by atoms with Gasteiger partial charge >= 0.3 is 0 Å². The number of benzene rings is 2. The van der Waals surface area contributed by atoms with E-state index in [1.54, 1.807) is 12.1 Å². The molecule has 38 heavy (non-hydrogen) atoms. The Morgan fingerprint density at radius 3 is 2.24 bits per heavy atom. The molecule has 0 aliphatic carbocycles. The number of amides is 2. The number of hydrogen-bond donors (Lipinski definition) is 2. The molecule has 0 unspecified atom stereocenters. The Morgan fingerprint density at radius 2 is 1.61 bits per heavy atom. The first kappa shape index (κ1) is 28.5. The quantitative estimate of drug-likeness (QED) is 0.336. The van der Waals surface area contributed by atoms with E-state index in [0.29, 0.717) is 31.4 Å². The Bertz CT molecular complexity index is 1410. The van der Waals surface area contributed by atoms with Crippen LogP contribution in [0.2, 0.25) is 0 Å². The number of carbonyl (C=O) groups excluding carboxylic acids is 3. The minimum Gasteiger partial charge on any atom is -0.543 e. The van der Waals surface area contributed by atoms with Crippen LogP contribution in [-0.2, 0) is 22.9 Å². The van der Waals surface area contributed by atoms with Crippen molar-refractivity contribution >= 4 is 27.8 Å². The van der Waals surface area contributed by atoms with Gasteiger partial charge in [0.2, 0.25) is 0 Å². The van der Waals surface area contributed by atoms with Gasteiger partial charge in [0.1, 0.15) is 5.82 Å². The molecule has 3 aromatic rings. The number of rotatable bonds is 12. The molecule has 200 valence electrons. The van der Waals surface area contributed by atoms with Crippen molar-refractivity contribution in [1.29, 1.82) is 0 Å². The number of pyridine rings is 1. The summed E-state index contributed by atoms with van der Waals surface area (Å²) in [4.78, 5) is 39.9. The van der Waals surface area contributed by atoms with Gasteiger partial charge in [0, 0.05) is 18.3 Å². The van der Waals surface area contributed by atoms with Crippen LogP contribution in [0, 0.1) is 5.82 Å². The van der Waals surface area contributed by atoms with Crippen LogP contribution in [0.3, 0.4) is 0 Å². The normalized spacial score (nSPS) is 11.1. The second-order valence-electron chi connectivity index (χ2n) is 8.57. The average molecular weight is 541 g/mol. The standard InChI is InChI=1S/C27H28FN3O6S/c1-2-3-4-5-20-16-21(17-30-24(20)27(34)35)26(33)31-38(36,37)23-12-8-19(9-13-23)25(32)29-15-14-18-6-10-22(28)11-7-18/h6-13,16-17H,2-5,14-15H2,1H3,(H,29,32)(H,31,33)(H,34,35)/p-1. The van der Waals surface area contributed by atoms with Crippen molar-refractivity contribution in [2.45, 2.75) is 43.9 Å². The molecule has 0 aliphatic rings. The fourth-order valence-electron chi connectivity index (χ4n) is 3.67. The lowest BCUT2D eigenvalue weighted by Crippen LogP contribution is -2.31. The third-order valence-corrected chi connectivity index (χ3v) is 7.09. The van der Waals surface area contributed by atoms with E-state index in [0.717, 1.165) is 24.6 Å². The van der Waals surface area contributed by atoms with Crippen LogP contribution < -0.4 is 15.1 Å². The van der Waals surface area contributed by atoms with Gasteiger partial charge in [0.15, 0.2) is 0 Å². The molecular formula is C27H27FN3O6S-. The highest BCUT2D eigenvalue weighted by atomic mass is 32.2. The molecule has 9 nitrogen and oxygen atoms in total. The first-order valence-corrected chi connectivity index (χ1v) is 13.5. The van der Waals surface area contributed by atoms with E-state index in [-0.39, 0.29) is 27.5 Å². The molecule has 3 rings (SSSR count). The fourth-order valence-corrected chi connectivity index (χ4v) is 4.65. The maximum Gasteiger partial charge on any atom is 0.266 e. The number of nitrogens with one attached hydrogen (secondary N) is 2. The molecule has 2 aromatic carbocycles. The van der Waals surface area contributed by atoms with E-state index in [1.165, 1.54) is 42.5 Å². The Hall–Kier alpha value is -4.12. The van der Waals surface area contributed by atoms with Gasteiger partial charge in [-0.05, 0) is 72.9 Å². The average Bonchev–Trinajstić information content (AvgIpc) is 2.89. The lowest BCUT2D eigenvalue weighted by molar-refractivity contribution is -0.255. The highest BCUT2D eigenvalue weighted by Gasteiger charge is 2.21. The molecule has 1 heterocycles. The number of nitrogens with zero attached hydrogens (tertiary/aromatic N) is 1. The Kier molecular flexibility index (Phi) is 9.66. The summed E-state index contributed by atoms with van der Waals surface area (Å²) in [5.74, 6) is -3.21. The maximum absolute atomic E-state index is 13.0. The number of carboxylic acids is 1. The van der Waals surface area contributed by atoms with E-state index in [1.807, 2.05) is 11.6 Å². The molecule has 0 aliphatic heterocycles. The summed E-state index contributed by atoms with van der Waals surface area (Å²) in [7, 11) is -4.29. The number of carbonyl (C=O) groups is 3. The number of aromatic nitrogens is 1. The summed E-state index contributed by atoms with van der Waals surface area (Å²) in [6.45, 7) is 2.29. The summed E-state index contributed by atoms with van der Waals surface area (Å²) in [5.41, 5.74) is 0.960. The zero-order valence-corrected chi connectivity index (χ0v) is 21.5. The zero-order valence-electron chi connectivity index (χ0n) is 20.7. The van der Waals surface area contributed by atoms with Crippen LogP contribution in [0.5, 0.6) is 0 Å². The van der Waals surface area contributed by atoms with Crippen molar-refractivity contribution in [1.82, 2.24) is 15.0 Å². The predicted molar refractivity (Wildman–Crippen MR) is 135 cm³/mol. The molecule has 0 bridgehead atoms. The van der Waals surface area contributed by atoms with Gasteiger partial charge in [0.05, 0.1) is 22.1 Å². The highest BCUT2D eigenvalue weighted by molar-refractivity contribution is 7.90. The van der Waals surface area contributed by atoms with Gasteiger partial charge in [-0.2, -0.15) is 0 Å². The summed E-state index contributed by atoms with van der Waals surface area (Å²) in [6.07, 6.45) is 4.25. The lowest BCUT2D eigenvalue weighted by Gasteiger charge is -2.12. The fraction of sp³-hybridized carbons (Fsp3) is 0.259. The van der Waals surface area contributed by atoms with Crippen LogP contribution in [0.4, 0.5) is 4.39 Å². The van der Waals surface area contributed by atoms with Crippen molar-refractivity contribution < 1.29 is 32.3 Å². The van der Waals surface area contributed by atoms with Gasteiger partial charge in [-0.15, -0.1) is 0 Å². The Morgan fingerprint density at radius 1 is 0.921 bits per heavy atom. The lowest BCUT2D eigenvalue weighted by atomic mass is 10.0.